The molecule has 3 heterocycles. The molecule has 3 aromatic heterocycles. The number of amides is 1. The zero-order valence-electron chi connectivity index (χ0n) is 16.7. The number of nitrogens with one attached hydrogen (secondary N) is 2. The first-order valence-electron chi connectivity index (χ1n) is 9.30. The highest BCUT2D eigenvalue weighted by Gasteiger charge is 2.17. The Morgan fingerprint density at radius 3 is 2.58 bits per heavy atom. The summed E-state index contributed by atoms with van der Waals surface area (Å²) in [5, 5.41) is 11.5. The second kappa shape index (κ2) is 8.41. The molecule has 1 amide bonds. The normalized spacial score (nSPS) is 11.0. The largest absolute Gasteiger partial charge is 0.373 e. The first-order chi connectivity index (χ1) is 14.9. The second-order valence-electron chi connectivity index (χ2n) is 6.95. The molecule has 10 heteroatoms. The van der Waals surface area contributed by atoms with Crippen molar-refractivity contribution in [1.82, 2.24) is 19.3 Å². The molecule has 0 saturated carbocycles. The molecular weight excluding hydrogens is 439 g/mol. The number of carbonyl (C=O) groups excluding carboxylic acids is 1. The molecule has 158 valence electrons. The van der Waals surface area contributed by atoms with Crippen LogP contribution in [0.25, 0.3) is 10.8 Å². The number of aryl methyl sites for hydroxylation is 1. The maximum absolute atomic E-state index is 13.1. The summed E-state index contributed by atoms with van der Waals surface area (Å²) in [6.07, 6.45) is 6.24. The Labute approximate surface area is 187 Å². The molecule has 0 spiro atoms. The van der Waals surface area contributed by atoms with Gasteiger partial charge >= 0.3 is 0 Å². The molecule has 2 N–H and O–H groups in total. The van der Waals surface area contributed by atoms with E-state index in [4.69, 9.17) is 23.2 Å². The van der Waals surface area contributed by atoms with Crippen molar-refractivity contribution in [2.24, 2.45) is 7.05 Å². The lowest BCUT2D eigenvalue weighted by atomic mass is 10.1. The summed E-state index contributed by atoms with van der Waals surface area (Å²) in [7, 11) is 3.47. The van der Waals surface area contributed by atoms with Crippen molar-refractivity contribution < 1.29 is 4.79 Å². The minimum absolute atomic E-state index is 0.215. The van der Waals surface area contributed by atoms with Crippen molar-refractivity contribution >= 4 is 51.4 Å². The molecule has 0 aliphatic heterocycles. The van der Waals surface area contributed by atoms with Gasteiger partial charge in [0.05, 0.1) is 39.4 Å². The van der Waals surface area contributed by atoms with Gasteiger partial charge in [0.1, 0.15) is 5.82 Å². The minimum atomic E-state index is -0.367. The van der Waals surface area contributed by atoms with Crippen molar-refractivity contribution in [3.05, 3.63) is 80.6 Å². The highest BCUT2D eigenvalue weighted by Crippen LogP contribution is 2.24. The Bertz CT molecular complexity index is 1360. The monoisotopic (exact) mass is 456 g/mol. The highest BCUT2D eigenvalue weighted by atomic mass is 35.5. The zero-order valence-corrected chi connectivity index (χ0v) is 18.2. The van der Waals surface area contributed by atoms with E-state index in [0.29, 0.717) is 37.9 Å². The van der Waals surface area contributed by atoms with E-state index in [1.54, 1.807) is 61.6 Å². The van der Waals surface area contributed by atoms with Gasteiger partial charge in [-0.15, -0.1) is 0 Å². The third-order valence-corrected chi connectivity index (χ3v) is 5.51. The van der Waals surface area contributed by atoms with Crippen LogP contribution in [-0.4, -0.2) is 32.3 Å². The number of pyridine rings is 2. The Morgan fingerprint density at radius 1 is 1.10 bits per heavy atom. The predicted octanol–water partition coefficient (Wildman–Crippen LogP) is 3.78. The van der Waals surface area contributed by atoms with Crippen molar-refractivity contribution in [2.45, 2.75) is 6.54 Å². The smallest absolute Gasteiger partial charge is 0.260 e. The van der Waals surface area contributed by atoms with Crippen LogP contribution in [0.5, 0.6) is 0 Å². The Balaban J connectivity index is 1.83. The quantitative estimate of drug-likeness (QED) is 0.476. The molecule has 0 unspecified atom stereocenters. The molecule has 0 radical (unpaired) electrons. The summed E-state index contributed by atoms with van der Waals surface area (Å²) in [6.45, 7) is 0.215. The number of halogens is 2. The summed E-state index contributed by atoms with van der Waals surface area (Å²) in [5.74, 6) is 0.179. The number of rotatable bonds is 5. The first-order valence-corrected chi connectivity index (χ1v) is 10.1. The molecule has 4 aromatic rings. The number of carbonyl (C=O) groups is 1. The molecule has 0 fully saturated rings. The Morgan fingerprint density at radius 2 is 1.90 bits per heavy atom. The summed E-state index contributed by atoms with van der Waals surface area (Å²) in [5.41, 5.74) is 1.38. The third-order valence-electron chi connectivity index (χ3n) is 4.77. The Hall–Kier alpha value is -3.36. The van der Waals surface area contributed by atoms with Gasteiger partial charge in [0.2, 0.25) is 0 Å². The van der Waals surface area contributed by atoms with E-state index >= 15 is 0 Å². The average molecular weight is 457 g/mol. The van der Waals surface area contributed by atoms with Gasteiger partial charge in [-0.2, -0.15) is 5.10 Å². The van der Waals surface area contributed by atoms with E-state index < -0.39 is 0 Å². The van der Waals surface area contributed by atoms with Crippen LogP contribution in [0.1, 0.15) is 15.9 Å². The molecule has 0 bridgehead atoms. The number of hydrogen-bond donors (Lipinski definition) is 2. The summed E-state index contributed by atoms with van der Waals surface area (Å²) >= 11 is 12.1. The molecule has 4 rings (SSSR count). The maximum atomic E-state index is 13.1. The lowest BCUT2D eigenvalue weighted by Crippen LogP contribution is -2.24. The fourth-order valence-corrected chi connectivity index (χ4v) is 3.56. The number of fused-ring (bicyclic) bond motifs is 1. The van der Waals surface area contributed by atoms with Gasteiger partial charge in [0, 0.05) is 38.1 Å². The van der Waals surface area contributed by atoms with Gasteiger partial charge in [0.25, 0.3) is 11.5 Å². The predicted molar refractivity (Wildman–Crippen MR) is 122 cm³/mol. The van der Waals surface area contributed by atoms with Crippen molar-refractivity contribution in [3.8, 4) is 0 Å². The molecule has 0 aliphatic carbocycles. The van der Waals surface area contributed by atoms with Crippen LogP contribution in [0.2, 0.25) is 10.0 Å². The molecule has 0 atom stereocenters. The highest BCUT2D eigenvalue weighted by molar-refractivity contribution is 6.42. The van der Waals surface area contributed by atoms with E-state index in [1.165, 1.54) is 10.8 Å². The number of anilines is 2. The molecule has 0 saturated heterocycles. The number of nitrogens with zero attached hydrogens (tertiary/aromatic N) is 4. The van der Waals surface area contributed by atoms with Crippen LogP contribution in [0, 0.1) is 0 Å². The summed E-state index contributed by atoms with van der Waals surface area (Å²) < 4.78 is 3.04. The zero-order chi connectivity index (χ0) is 22.1. The second-order valence-corrected chi connectivity index (χ2v) is 7.76. The van der Waals surface area contributed by atoms with Gasteiger partial charge in [0.15, 0.2) is 0 Å². The van der Waals surface area contributed by atoms with Crippen molar-refractivity contribution in [3.63, 3.8) is 0 Å². The lowest BCUT2D eigenvalue weighted by molar-refractivity contribution is 0.102. The topological polar surface area (TPSA) is 93.8 Å². The minimum Gasteiger partial charge on any atom is -0.373 e. The maximum Gasteiger partial charge on any atom is 0.260 e. The van der Waals surface area contributed by atoms with Crippen LogP contribution < -0.4 is 16.2 Å². The van der Waals surface area contributed by atoms with Gasteiger partial charge in [-0.1, -0.05) is 29.3 Å². The van der Waals surface area contributed by atoms with Crippen LogP contribution in [0.15, 0.2) is 53.8 Å². The van der Waals surface area contributed by atoms with Crippen LogP contribution >= 0.6 is 23.2 Å². The van der Waals surface area contributed by atoms with Gasteiger partial charge in [-0.3, -0.25) is 14.3 Å². The SMILES string of the molecule is CNc1cc2c(C(=O)Nc3cnn(C)c3)cn(Cc3ccc(Cl)c(Cl)c3)c(=O)c2cn1. The molecule has 1 aromatic carbocycles. The molecule has 8 nitrogen and oxygen atoms in total. The summed E-state index contributed by atoms with van der Waals surface area (Å²) in [6, 6.07) is 6.82. The molecule has 0 aliphatic rings. The van der Waals surface area contributed by atoms with Crippen LogP contribution in [0.3, 0.4) is 0 Å². The standard InChI is InChI=1S/C21H18Cl2N6O2/c1-24-19-6-14-15(8-25-19)21(31)29(9-12-3-4-17(22)18(23)5-12)11-16(14)20(30)27-13-7-26-28(2)10-13/h3-8,10-11H,9H2,1-2H3,(H,24,25)(H,27,30). The van der Waals surface area contributed by atoms with E-state index in [1.807, 2.05) is 0 Å². The van der Waals surface area contributed by atoms with Crippen LogP contribution in [0.4, 0.5) is 11.5 Å². The van der Waals surface area contributed by atoms with Crippen molar-refractivity contribution in [2.75, 3.05) is 17.7 Å². The fraction of sp³-hybridized carbons (Fsp3) is 0.143. The van der Waals surface area contributed by atoms with E-state index in [9.17, 15) is 9.59 Å². The van der Waals surface area contributed by atoms with E-state index in [2.05, 4.69) is 20.7 Å². The van der Waals surface area contributed by atoms with Gasteiger partial charge in [-0.25, -0.2) is 4.98 Å². The van der Waals surface area contributed by atoms with Crippen molar-refractivity contribution in [1.29, 1.82) is 0 Å². The van der Waals surface area contributed by atoms with E-state index in [0.717, 1.165) is 5.56 Å². The van der Waals surface area contributed by atoms with Crippen LogP contribution in [-0.2, 0) is 13.6 Å². The number of aromatic nitrogens is 4. The molecule has 31 heavy (non-hydrogen) atoms. The average Bonchev–Trinajstić information content (AvgIpc) is 3.16. The number of hydrogen-bond acceptors (Lipinski definition) is 5. The van der Waals surface area contributed by atoms with Gasteiger partial charge < -0.3 is 15.2 Å². The molecular formula is C21H18Cl2N6O2. The Kier molecular flexibility index (Phi) is 5.67. The first kappa shape index (κ1) is 20.9. The fourth-order valence-electron chi connectivity index (χ4n) is 3.24. The number of benzene rings is 1. The third kappa shape index (κ3) is 4.26. The van der Waals surface area contributed by atoms with Gasteiger partial charge in [-0.05, 0) is 23.8 Å². The lowest BCUT2D eigenvalue weighted by Gasteiger charge is -2.13. The van der Waals surface area contributed by atoms with E-state index in [-0.39, 0.29) is 18.0 Å². The summed E-state index contributed by atoms with van der Waals surface area (Å²) in [4.78, 5) is 30.5.